The second kappa shape index (κ2) is 9.92. The molecule has 148 valence electrons. The number of likely N-dealkylation sites (N-methyl/N-ethyl adjacent to an activating group) is 1. The molecule has 2 aromatic rings. The van der Waals surface area contributed by atoms with Gasteiger partial charge in [-0.15, -0.1) is 23.5 Å². The van der Waals surface area contributed by atoms with Crippen LogP contribution < -0.4 is 5.32 Å². The van der Waals surface area contributed by atoms with E-state index in [1.165, 1.54) is 28.4 Å². The summed E-state index contributed by atoms with van der Waals surface area (Å²) in [6, 6.07) is 12.5. The summed E-state index contributed by atoms with van der Waals surface area (Å²) < 4.78 is 0.438. The highest BCUT2D eigenvalue weighted by atomic mass is 35.5. The van der Waals surface area contributed by atoms with Gasteiger partial charge in [-0.05, 0) is 53.8 Å². The number of carbonyl (C=O) groups excluding carboxylic acids is 2. The van der Waals surface area contributed by atoms with Gasteiger partial charge in [-0.2, -0.15) is 0 Å². The van der Waals surface area contributed by atoms with Crippen LogP contribution in [0.15, 0.2) is 42.5 Å². The zero-order chi connectivity index (χ0) is 20.1. The Hall–Kier alpha value is -1.34. The largest absolute Gasteiger partial charge is 0.332 e. The van der Waals surface area contributed by atoms with Crippen LogP contribution in [0.2, 0.25) is 10.0 Å². The van der Waals surface area contributed by atoms with E-state index in [1.54, 1.807) is 25.2 Å². The standard InChI is InChI=1S/C20H20Cl2N2O2S2/c1-24(12-18(25)23-15-7-8-16(21)17(22)11-15)19(26)13-3-5-14(6-4-13)20-27-9-2-10-28-20/h3-8,11,20H,2,9-10,12H2,1H3,(H,23,25). The van der Waals surface area contributed by atoms with Gasteiger partial charge in [-0.25, -0.2) is 0 Å². The average Bonchev–Trinajstić information content (AvgIpc) is 2.71. The molecule has 1 heterocycles. The summed E-state index contributed by atoms with van der Waals surface area (Å²) in [6.45, 7) is -0.0604. The fourth-order valence-electron chi connectivity index (χ4n) is 2.75. The number of hydrogen-bond acceptors (Lipinski definition) is 4. The Labute approximate surface area is 183 Å². The molecule has 2 aromatic carbocycles. The average molecular weight is 455 g/mol. The van der Waals surface area contributed by atoms with Crippen molar-refractivity contribution in [2.24, 2.45) is 0 Å². The molecule has 0 unspecified atom stereocenters. The Balaban J connectivity index is 1.57. The number of benzene rings is 2. The Morgan fingerprint density at radius 3 is 2.39 bits per heavy atom. The first-order valence-corrected chi connectivity index (χ1v) is 11.6. The van der Waals surface area contributed by atoms with Crippen LogP contribution in [-0.4, -0.2) is 41.8 Å². The summed E-state index contributed by atoms with van der Waals surface area (Å²) in [6.07, 6.45) is 1.25. The van der Waals surface area contributed by atoms with Gasteiger partial charge >= 0.3 is 0 Å². The zero-order valence-corrected chi connectivity index (χ0v) is 18.4. The van der Waals surface area contributed by atoms with Crippen molar-refractivity contribution in [1.29, 1.82) is 0 Å². The lowest BCUT2D eigenvalue weighted by atomic mass is 10.1. The molecule has 1 aliphatic rings. The van der Waals surface area contributed by atoms with Crippen LogP contribution in [-0.2, 0) is 4.79 Å². The third-order valence-corrected chi connectivity index (χ3v) is 7.94. The lowest BCUT2D eigenvalue weighted by Crippen LogP contribution is -2.34. The summed E-state index contributed by atoms with van der Waals surface area (Å²) >= 11 is 15.7. The number of nitrogens with one attached hydrogen (secondary N) is 1. The van der Waals surface area contributed by atoms with E-state index < -0.39 is 0 Å². The van der Waals surface area contributed by atoms with Crippen molar-refractivity contribution in [3.63, 3.8) is 0 Å². The van der Waals surface area contributed by atoms with Crippen LogP contribution in [0.5, 0.6) is 0 Å². The van der Waals surface area contributed by atoms with Crippen molar-refractivity contribution in [3.05, 3.63) is 63.6 Å². The van der Waals surface area contributed by atoms with Gasteiger partial charge in [0.15, 0.2) is 0 Å². The number of rotatable bonds is 5. The van der Waals surface area contributed by atoms with Crippen molar-refractivity contribution >= 4 is 64.2 Å². The third kappa shape index (κ3) is 5.60. The summed E-state index contributed by atoms with van der Waals surface area (Å²) in [4.78, 5) is 26.2. The van der Waals surface area contributed by atoms with E-state index in [0.29, 0.717) is 25.9 Å². The van der Waals surface area contributed by atoms with Crippen LogP contribution in [0.3, 0.4) is 0 Å². The number of anilines is 1. The molecule has 4 nitrogen and oxygen atoms in total. The molecule has 0 saturated carbocycles. The van der Waals surface area contributed by atoms with E-state index in [1.807, 2.05) is 47.8 Å². The monoisotopic (exact) mass is 454 g/mol. The van der Waals surface area contributed by atoms with E-state index in [0.717, 1.165) is 0 Å². The third-order valence-electron chi connectivity index (χ3n) is 4.19. The minimum Gasteiger partial charge on any atom is -0.332 e. The molecule has 0 spiro atoms. The second-order valence-corrected chi connectivity index (χ2v) is 9.93. The van der Waals surface area contributed by atoms with Crippen molar-refractivity contribution in [3.8, 4) is 0 Å². The minimum absolute atomic E-state index is 0.0604. The van der Waals surface area contributed by atoms with E-state index in [2.05, 4.69) is 5.32 Å². The van der Waals surface area contributed by atoms with Crippen LogP contribution in [0.4, 0.5) is 5.69 Å². The normalized spacial score (nSPS) is 14.5. The first kappa shape index (κ1) is 21.4. The molecule has 0 atom stereocenters. The van der Waals surface area contributed by atoms with Crippen LogP contribution >= 0.6 is 46.7 Å². The van der Waals surface area contributed by atoms with Gasteiger partial charge in [-0.1, -0.05) is 35.3 Å². The molecule has 1 fully saturated rings. The summed E-state index contributed by atoms with van der Waals surface area (Å²) in [5, 5.41) is 3.49. The lowest BCUT2D eigenvalue weighted by molar-refractivity contribution is -0.116. The Kier molecular flexibility index (Phi) is 7.57. The van der Waals surface area contributed by atoms with Crippen molar-refractivity contribution < 1.29 is 9.59 Å². The molecule has 0 radical (unpaired) electrons. The lowest BCUT2D eigenvalue weighted by Gasteiger charge is -2.21. The molecule has 0 bridgehead atoms. The number of nitrogens with zero attached hydrogens (tertiary/aromatic N) is 1. The molecule has 8 heteroatoms. The fourth-order valence-corrected chi connectivity index (χ4v) is 5.94. The van der Waals surface area contributed by atoms with Gasteiger partial charge < -0.3 is 10.2 Å². The number of thioether (sulfide) groups is 2. The molecule has 0 aliphatic carbocycles. The van der Waals surface area contributed by atoms with E-state index >= 15 is 0 Å². The molecule has 1 N–H and O–H groups in total. The maximum Gasteiger partial charge on any atom is 0.254 e. The first-order valence-electron chi connectivity index (χ1n) is 8.77. The smallest absolute Gasteiger partial charge is 0.254 e. The van der Waals surface area contributed by atoms with E-state index in [4.69, 9.17) is 23.2 Å². The Morgan fingerprint density at radius 1 is 1.07 bits per heavy atom. The molecule has 1 saturated heterocycles. The predicted octanol–water partition coefficient (Wildman–Crippen LogP) is 5.57. The van der Waals surface area contributed by atoms with Gasteiger partial charge in [0.1, 0.15) is 0 Å². The highest BCUT2D eigenvalue weighted by Crippen LogP contribution is 2.43. The van der Waals surface area contributed by atoms with E-state index in [-0.39, 0.29) is 18.4 Å². The predicted molar refractivity (Wildman–Crippen MR) is 121 cm³/mol. The summed E-state index contributed by atoms with van der Waals surface area (Å²) in [5.74, 6) is 1.85. The maximum atomic E-state index is 12.6. The first-order chi connectivity index (χ1) is 13.4. The molecule has 0 aromatic heterocycles. The minimum atomic E-state index is -0.305. The Morgan fingerprint density at radius 2 is 1.75 bits per heavy atom. The van der Waals surface area contributed by atoms with E-state index in [9.17, 15) is 9.59 Å². The van der Waals surface area contributed by atoms with Crippen molar-refractivity contribution in [1.82, 2.24) is 4.90 Å². The highest BCUT2D eigenvalue weighted by molar-refractivity contribution is 8.16. The second-order valence-electron chi connectivity index (χ2n) is 6.39. The molecular formula is C20H20Cl2N2O2S2. The molecular weight excluding hydrogens is 435 g/mol. The van der Waals surface area contributed by atoms with Gasteiger partial charge in [0, 0.05) is 18.3 Å². The molecule has 3 rings (SSSR count). The number of halogens is 2. The van der Waals surface area contributed by atoms with Crippen LogP contribution in [0, 0.1) is 0 Å². The SMILES string of the molecule is CN(CC(=O)Nc1ccc(Cl)c(Cl)c1)C(=O)c1ccc(C2SCCCS2)cc1. The van der Waals surface area contributed by atoms with Gasteiger partial charge in [-0.3, -0.25) is 9.59 Å². The highest BCUT2D eigenvalue weighted by Gasteiger charge is 2.19. The van der Waals surface area contributed by atoms with Crippen molar-refractivity contribution in [2.75, 3.05) is 30.4 Å². The van der Waals surface area contributed by atoms with Crippen LogP contribution in [0.25, 0.3) is 0 Å². The van der Waals surface area contributed by atoms with Gasteiger partial charge in [0.25, 0.3) is 5.91 Å². The number of amides is 2. The maximum absolute atomic E-state index is 12.6. The Bertz CT molecular complexity index is 856. The van der Waals surface area contributed by atoms with Crippen LogP contribution in [0.1, 0.15) is 26.9 Å². The summed E-state index contributed by atoms with van der Waals surface area (Å²) in [5.41, 5.74) is 2.33. The quantitative estimate of drug-likeness (QED) is 0.640. The number of carbonyl (C=O) groups is 2. The summed E-state index contributed by atoms with van der Waals surface area (Å²) in [7, 11) is 1.61. The topological polar surface area (TPSA) is 49.4 Å². The number of hydrogen-bond donors (Lipinski definition) is 1. The molecule has 28 heavy (non-hydrogen) atoms. The fraction of sp³-hybridized carbons (Fsp3) is 0.300. The van der Waals surface area contributed by atoms with Gasteiger partial charge in [0.05, 0.1) is 21.2 Å². The van der Waals surface area contributed by atoms with Crippen molar-refractivity contribution in [2.45, 2.75) is 11.0 Å². The van der Waals surface area contributed by atoms with Gasteiger partial charge in [0.2, 0.25) is 5.91 Å². The zero-order valence-electron chi connectivity index (χ0n) is 15.3. The molecule has 2 amide bonds. The molecule has 1 aliphatic heterocycles.